The van der Waals surface area contributed by atoms with Crippen molar-refractivity contribution in [3.05, 3.63) is 58.7 Å². The SMILES string of the molecule is CC(C)(C)OC(=O)N[C@H]1CS(=O)c2cc(F)c(-c3noc(C(C)(C)C)n3)cc2N(Cc2ccc(Cl)cc2)C1=O. The van der Waals surface area contributed by atoms with Gasteiger partial charge in [-0.3, -0.25) is 9.00 Å². The summed E-state index contributed by atoms with van der Waals surface area (Å²) in [5, 5.41) is 6.99. The number of alkyl carbamates (subject to hydrolysis) is 1. The Labute approximate surface area is 233 Å². The molecule has 2 heterocycles. The Hall–Kier alpha value is -3.31. The lowest BCUT2D eigenvalue weighted by atomic mass is 9.97. The number of hydrogen-bond donors (Lipinski definition) is 1. The number of benzene rings is 2. The number of amides is 2. The Kier molecular flexibility index (Phi) is 7.86. The van der Waals surface area contributed by atoms with Crippen LogP contribution in [0.3, 0.4) is 0 Å². The van der Waals surface area contributed by atoms with Gasteiger partial charge >= 0.3 is 6.09 Å². The van der Waals surface area contributed by atoms with Crippen LogP contribution in [0.5, 0.6) is 0 Å². The highest BCUT2D eigenvalue weighted by atomic mass is 35.5. The predicted molar refractivity (Wildman–Crippen MR) is 145 cm³/mol. The van der Waals surface area contributed by atoms with Crippen molar-refractivity contribution in [2.24, 2.45) is 0 Å². The Morgan fingerprint density at radius 2 is 1.87 bits per heavy atom. The zero-order valence-electron chi connectivity index (χ0n) is 22.5. The van der Waals surface area contributed by atoms with E-state index in [-0.39, 0.29) is 34.3 Å². The van der Waals surface area contributed by atoms with E-state index in [9.17, 15) is 13.8 Å². The lowest BCUT2D eigenvalue weighted by Gasteiger charge is -2.27. The number of nitrogens with one attached hydrogen (secondary N) is 1. The summed E-state index contributed by atoms with van der Waals surface area (Å²) in [5.41, 5.74) is -0.371. The van der Waals surface area contributed by atoms with Gasteiger partial charge in [0, 0.05) is 10.4 Å². The fourth-order valence-electron chi connectivity index (χ4n) is 3.85. The molecular weight excluding hydrogens is 547 g/mol. The standard InChI is InChI=1S/C27H30ClFN4O5S/c1-26(2,3)24-31-22(32-38-24)17-11-20-21(12-18(17)29)39(36)14-19(30-25(35)37-27(4,5)6)23(34)33(20)13-15-7-9-16(28)10-8-15/h7-12,19H,13-14H2,1-6H3,(H,30,35)/t19-,39?/m0/s1. The van der Waals surface area contributed by atoms with Crippen LogP contribution in [0.1, 0.15) is 53.0 Å². The van der Waals surface area contributed by atoms with Crippen LogP contribution in [-0.4, -0.2) is 43.7 Å². The minimum absolute atomic E-state index is 0.00224. The van der Waals surface area contributed by atoms with Crippen molar-refractivity contribution in [3.63, 3.8) is 0 Å². The van der Waals surface area contributed by atoms with Gasteiger partial charge in [0.2, 0.25) is 11.7 Å². The summed E-state index contributed by atoms with van der Waals surface area (Å²) >= 11 is 6.04. The van der Waals surface area contributed by atoms with Crippen molar-refractivity contribution < 1.29 is 27.4 Å². The summed E-state index contributed by atoms with van der Waals surface area (Å²) in [6.45, 7) is 10.7. The molecule has 2 amide bonds. The molecule has 1 aliphatic heterocycles. The van der Waals surface area contributed by atoms with Crippen LogP contribution in [0.4, 0.5) is 14.9 Å². The highest BCUT2D eigenvalue weighted by molar-refractivity contribution is 7.85. The van der Waals surface area contributed by atoms with Gasteiger partial charge < -0.3 is 19.5 Å². The summed E-state index contributed by atoms with van der Waals surface area (Å²) in [7, 11) is -1.85. The normalized spacial score (nSPS) is 17.9. The van der Waals surface area contributed by atoms with Crippen LogP contribution in [0.25, 0.3) is 11.4 Å². The van der Waals surface area contributed by atoms with Gasteiger partial charge in [0.15, 0.2) is 0 Å². The van der Waals surface area contributed by atoms with Crippen molar-refractivity contribution in [2.45, 2.75) is 70.0 Å². The second kappa shape index (κ2) is 10.7. The van der Waals surface area contributed by atoms with Crippen molar-refractivity contribution in [3.8, 4) is 11.4 Å². The molecule has 0 aliphatic carbocycles. The fourth-order valence-corrected chi connectivity index (χ4v) is 5.33. The molecule has 208 valence electrons. The van der Waals surface area contributed by atoms with Gasteiger partial charge in [-0.05, 0) is 50.6 Å². The molecule has 0 fully saturated rings. The third kappa shape index (κ3) is 6.65. The van der Waals surface area contributed by atoms with Crippen LogP contribution >= 0.6 is 11.6 Å². The third-order valence-corrected chi connectivity index (χ3v) is 7.43. The molecule has 9 nitrogen and oxygen atoms in total. The van der Waals surface area contributed by atoms with Crippen LogP contribution in [0.15, 0.2) is 45.8 Å². The molecule has 3 aromatic rings. The topological polar surface area (TPSA) is 115 Å². The molecule has 4 rings (SSSR count). The lowest BCUT2D eigenvalue weighted by molar-refractivity contribution is -0.120. The number of halogens is 2. The Bertz CT molecular complexity index is 1430. The zero-order chi connectivity index (χ0) is 28.7. The largest absolute Gasteiger partial charge is 0.444 e. The van der Waals surface area contributed by atoms with Crippen molar-refractivity contribution in [1.82, 2.24) is 15.5 Å². The molecule has 1 aromatic heterocycles. The number of carbonyl (C=O) groups excluding carboxylic acids is 2. The highest BCUT2D eigenvalue weighted by Gasteiger charge is 2.37. The van der Waals surface area contributed by atoms with Gasteiger partial charge in [-0.15, -0.1) is 0 Å². The van der Waals surface area contributed by atoms with Crippen molar-refractivity contribution in [1.29, 1.82) is 0 Å². The lowest BCUT2D eigenvalue weighted by Crippen LogP contribution is -2.51. The summed E-state index contributed by atoms with van der Waals surface area (Å²) < 4.78 is 39.5. The molecule has 0 bridgehead atoms. The van der Waals surface area contributed by atoms with Gasteiger partial charge in [-0.2, -0.15) is 4.98 Å². The molecule has 12 heteroatoms. The minimum atomic E-state index is -1.85. The molecular formula is C27H30ClFN4O5S. The highest BCUT2D eigenvalue weighted by Crippen LogP contribution is 2.36. The monoisotopic (exact) mass is 576 g/mol. The van der Waals surface area contributed by atoms with E-state index in [4.69, 9.17) is 20.9 Å². The number of nitrogens with zero attached hydrogens (tertiary/aromatic N) is 3. The number of ether oxygens (including phenoxy) is 1. The first kappa shape index (κ1) is 28.7. The summed E-state index contributed by atoms with van der Waals surface area (Å²) in [6, 6.07) is 8.16. The average Bonchev–Trinajstić information content (AvgIpc) is 3.29. The van der Waals surface area contributed by atoms with E-state index in [0.29, 0.717) is 16.5 Å². The van der Waals surface area contributed by atoms with Gasteiger partial charge in [0.25, 0.3) is 5.91 Å². The molecule has 2 atom stereocenters. The second-order valence-corrected chi connectivity index (χ2v) is 13.1. The number of rotatable bonds is 4. The minimum Gasteiger partial charge on any atom is -0.444 e. The van der Waals surface area contributed by atoms with E-state index in [0.717, 1.165) is 6.07 Å². The van der Waals surface area contributed by atoms with E-state index < -0.39 is 45.7 Å². The first-order chi connectivity index (χ1) is 18.1. The van der Waals surface area contributed by atoms with Crippen LogP contribution in [0, 0.1) is 5.82 Å². The summed E-state index contributed by atoms with van der Waals surface area (Å²) in [4.78, 5) is 32.2. The van der Waals surface area contributed by atoms with Crippen LogP contribution in [0.2, 0.25) is 5.02 Å². The van der Waals surface area contributed by atoms with Gasteiger partial charge in [-0.25, -0.2) is 9.18 Å². The summed E-state index contributed by atoms with van der Waals surface area (Å²) in [6.07, 6.45) is -0.830. The van der Waals surface area contributed by atoms with Gasteiger partial charge in [-0.1, -0.05) is 49.7 Å². The maximum absolute atomic E-state index is 15.4. The smallest absolute Gasteiger partial charge is 0.408 e. The molecule has 0 saturated heterocycles. The molecule has 0 saturated carbocycles. The number of aromatic nitrogens is 2. The summed E-state index contributed by atoms with van der Waals surface area (Å²) in [5.74, 6) is -1.22. The van der Waals surface area contributed by atoms with E-state index in [1.807, 2.05) is 20.8 Å². The number of anilines is 1. The molecule has 2 aromatic carbocycles. The van der Waals surface area contributed by atoms with Crippen molar-refractivity contribution >= 4 is 40.1 Å². The third-order valence-electron chi connectivity index (χ3n) is 5.72. The number of carbonyl (C=O) groups is 2. The molecule has 39 heavy (non-hydrogen) atoms. The molecule has 1 unspecified atom stereocenters. The van der Waals surface area contributed by atoms with Gasteiger partial charge in [0.05, 0.1) is 39.2 Å². The van der Waals surface area contributed by atoms with E-state index in [2.05, 4.69) is 15.5 Å². The first-order valence-corrected chi connectivity index (χ1v) is 13.9. The first-order valence-electron chi connectivity index (χ1n) is 12.2. The maximum Gasteiger partial charge on any atom is 0.408 e. The van der Waals surface area contributed by atoms with E-state index in [1.165, 1.54) is 11.0 Å². The molecule has 0 spiro atoms. The van der Waals surface area contributed by atoms with E-state index >= 15 is 4.39 Å². The Morgan fingerprint density at radius 1 is 1.21 bits per heavy atom. The van der Waals surface area contributed by atoms with Crippen LogP contribution in [-0.2, 0) is 32.3 Å². The average molecular weight is 577 g/mol. The van der Waals surface area contributed by atoms with Gasteiger partial charge in [0.1, 0.15) is 17.5 Å². The number of hydrogen-bond acceptors (Lipinski definition) is 7. The second-order valence-electron chi connectivity index (χ2n) is 11.2. The molecule has 1 N–H and O–H groups in total. The maximum atomic E-state index is 15.4. The molecule has 0 radical (unpaired) electrons. The Morgan fingerprint density at radius 3 is 2.46 bits per heavy atom. The zero-order valence-corrected chi connectivity index (χ0v) is 24.1. The number of fused-ring (bicyclic) bond motifs is 1. The predicted octanol–water partition coefficient (Wildman–Crippen LogP) is 5.37. The van der Waals surface area contributed by atoms with E-state index in [1.54, 1.807) is 45.0 Å². The van der Waals surface area contributed by atoms with Crippen molar-refractivity contribution in [2.75, 3.05) is 10.7 Å². The van der Waals surface area contributed by atoms with Crippen LogP contribution < -0.4 is 10.2 Å². The Balaban J connectivity index is 1.80. The fraction of sp³-hybridized carbons (Fsp3) is 0.407. The quantitative estimate of drug-likeness (QED) is 0.444. The molecule has 1 aliphatic rings.